The molecule has 2 N–H and O–H groups in total. The van der Waals surface area contributed by atoms with Gasteiger partial charge in [-0.15, -0.1) is 0 Å². The van der Waals surface area contributed by atoms with Crippen LogP contribution in [0.2, 0.25) is 0 Å². The highest BCUT2D eigenvalue weighted by Gasteiger charge is 2.39. The minimum Gasteiger partial charge on any atom is -0.494 e. The van der Waals surface area contributed by atoms with Crippen LogP contribution in [-0.2, 0) is 6.54 Å². The summed E-state index contributed by atoms with van der Waals surface area (Å²) in [5.74, 6) is 2.62. The average molecular weight is 503 g/mol. The molecule has 2 aliphatic heterocycles. The van der Waals surface area contributed by atoms with Crippen LogP contribution in [0, 0.1) is 17.8 Å². The summed E-state index contributed by atoms with van der Waals surface area (Å²) in [5, 5.41) is 13.6. The number of nitrogens with one attached hydrogen (secondary N) is 1. The Bertz CT molecular complexity index is 1260. The van der Waals surface area contributed by atoms with Crippen LogP contribution in [0.15, 0.2) is 64.8 Å². The van der Waals surface area contributed by atoms with E-state index in [0.29, 0.717) is 30.1 Å². The molecule has 8 heteroatoms. The van der Waals surface area contributed by atoms with Crippen molar-refractivity contribution in [1.82, 2.24) is 14.9 Å². The molecule has 1 aromatic heterocycles. The lowest BCUT2D eigenvalue weighted by atomic mass is 9.67. The molecular weight excluding hydrogens is 472 g/mol. The molecule has 2 unspecified atom stereocenters. The van der Waals surface area contributed by atoms with Gasteiger partial charge in [-0.05, 0) is 72.9 Å². The molecular formula is C28H30N4O3S. The third kappa shape index (κ3) is 4.92. The van der Waals surface area contributed by atoms with Crippen molar-refractivity contribution in [3.05, 3.63) is 66.0 Å². The number of carboxylic acids is 1. The summed E-state index contributed by atoms with van der Waals surface area (Å²) < 4.78 is 5.97. The lowest BCUT2D eigenvalue weighted by molar-refractivity contribution is 0.00854. The number of ether oxygens (including phenoxy) is 1. The van der Waals surface area contributed by atoms with Crippen LogP contribution in [0.3, 0.4) is 0 Å². The molecule has 2 fully saturated rings. The second kappa shape index (κ2) is 10.1. The third-order valence-corrected chi connectivity index (χ3v) is 8.79. The molecule has 0 amide bonds. The number of aromatic nitrogens is 2. The molecule has 3 aromatic rings. The van der Waals surface area contributed by atoms with Gasteiger partial charge in [0.25, 0.3) is 0 Å². The fraction of sp³-hybridized carbons (Fsp3) is 0.393. The maximum atomic E-state index is 11.2. The van der Waals surface area contributed by atoms with Crippen LogP contribution < -0.4 is 10.1 Å². The molecule has 186 valence electrons. The number of piperidine rings is 1. The summed E-state index contributed by atoms with van der Waals surface area (Å²) in [6.07, 6.45) is 8.37. The van der Waals surface area contributed by atoms with E-state index < -0.39 is 5.97 Å². The fourth-order valence-electron chi connectivity index (χ4n) is 6.12. The van der Waals surface area contributed by atoms with Crippen LogP contribution in [0.4, 0.5) is 11.5 Å². The summed E-state index contributed by atoms with van der Waals surface area (Å²) >= 11 is 1.67. The zero-order valence-corrected chi connectivity index (χ0v) is 20.9. The minimum absolute atomic E-state index is 0.269. The van der Waals surface area contributed by atoms with E-state index in [2.05, 4.69) is 38.4 Å². The van der Waals surface area contributed by atoms with E-state index in [9.17, 15) is 9.90 Å². The quantitative estimate of drug-likeness (QED) is 0.333. The lowest BCUT2D eigenvalue weighted by Crippen LogP contribution is -2.48. The Kier molecular flexibility index (Phi) is 6.54. The molecule has 3 heterocycles. The maximum Gasteiger partial charge on any atom is 0.335 e. The number of likely N-dealkylation sites (tertiary alicyclic amines) is 1. The second-order valence-electron chi connectivity index (χ2n) is 10.0. The summed E-state index contributed by atoms with van der Waals surface area (Å²) in [5.41, 5.74) is 2.71. The van der Waals surface area contributed by atoms with Crippen molar-refractivity contribution >= 4 is 29.2 Å². The number of aromatic carboxylic acids is 1. The van der Waals surface area contributed by atoms with Gasteiger partial charge in [0.05, 0.1) is 17.9 Å². The van der Waals surface area contributed by atoms with Gasteiger partial charge in [0.2, 0.25) is 0 Å². The van der Waals surface area contributed by atoms with E-state index in [1.807, 2.05) is 6.07 Å². The number of nitrogens with zero attached hydrogens (tertiary/aromatic N) is 3. The zero-order chi connectivity index (χ0) is 24.5. The van der Waals surface area contributed by atoms with E-state index >= 15 is 0 Å². The fourth-order valence-corrected chi connectivity index (χ4v) is 6.99. The summed E-state index contributed by atoms with van der Waals surface area (Å²) in [7, 11) is 0. The number of benzene rings is 2. The molecule has 2 atom stereocenters. The molecule has 1 saturated heterocycles. The minimum atomic E-state index is -0.922. The third-order valence-electron chi connectivity index (χ3n) is 7.72. The van der Waals surface area contributed by atoms with Crippen molar-refractivity contribution in [3.8, 4) is 5.75 Å². The van der Waals surface area contributed by atoms with Crippen LogP contribution >= 0.6 is 11.8 Å². The van der Waals surface area contributed by atoms with Gasteiger partial charge in [0, 0.05) is 36.9 Å². The lowest BCUT2D eigenvalue weighted by Gasteiger charge is -2.47. The van der Waals surface area contributed by atoms with E-state index in [-0.39, 0.29) is 5.56 Å². The molecule has 0 spiro atoms. The largest absolute Gasteiger partial charge is 0.494 e. The smallest absolute Gasteiger partial charge is 0.335 e. The molecule has 7 nitrogen and oxygen atoms in total. The Morgan fingerprint density at radius 3 is 2.78 bits per heavy atom. The van der Waals surface area contributed by atoms with E-state index in [1.165, 1.54) is 29.7 Å². The van der Waals surface area contributed by atoms with Crippen molar-refractivity contribution in [2.45, 2.75) is 42.1 Å². The number of hydrogen-bond donors (Lipinski definition) is 2. The predicted octanol–water partition coefficient (Wildman–Crippen LogP) is 5.70. The standard InChI is InChI=1S/C28H30N4O3S/c33-28(34)19-3-2-6-22(14-19)35-12-9-23-20-4-1-5-21(23)17-32(16-20)15-18-7-8-25-24(13-18)31-26-27(36-25)30-11-10-29-26/h2-3,6-8,10-11,13-14,20-21,23H,1,4-5,9,12,15-17H2,(H,29,31)(H,33,34). The van der Waals surface area contributed by atoms with Gasteiger partial charge in [-0.2, -0.15) is 0 Å². The van der Waals surface area contributed by atoms with Crippen molar-refractivity contribution in [2.24, 2.45) is 17.8 Å². The molecule has 2 aromatic carbocycles. The van der Waals surface area contributed by atoms with Gasteiger partial charge in [-0.25, -0.2) is 14.8 Å². The van der Waals surface area contributed by atoms with Crippen LogP contribution in [-0.4, -0.2) is 45.6 Å². The first kappa shape index (κ1) is 23.3. The first-order valence-electron chi connectivity index (χ1n) is 12.7. The number of fused-ring (bicyclic) bond motifs is 4. The van der Waals surface area contributed by atoms with Gasteiger partial charge in [0.15, 0.2) is 5.82 Å². The summed E-state index contributed by atoms with van der Waals surface area (Å²) in [4.78, 5) is 23.9. The van der Waals surface area contributed by atoms with E-state index in [1.54, 1.807) is 42.4 Å². The maximum absolute atomic E-state index is 11.2. The molecule has 1 saturated carbocycles. The molecule has 1 aliphatic carbocycles. The first-order chi connectivity index (χ1) is 17.6. The van der Waals surface area contributed by atoms with Gasteiger partial charge in [-0.1, -0.05) is 30.3 Å². The molecule has 36 heavy (non-hydrogen) atoms. The summed E-state index contributed by atoms with van der Waals surface area (Å²) in [6, 6.07) is 13.5. The highest BCUT2D eigenvalue weighted by molar-refractivity contribution is 7.99. The molecule has 0 radical (unpaired) electrons. The highest BCUT2D eigenvalue weighted by Crippen LogP contribution is 2.44. The Morgan fingerprint density at radius 2 is 1.94 bits per heavy atom. The number of hydrogen-bond acceptors (Lipinski definition) is 7. The van der Waals surface area contributed by atoms with Gasteiger partial charge in [-0.3, -0.25) is 4.90 Å². The van der Waals surface area contributed by atoms with Crippen molar-refractivity contribution in [3.63, 3.8) is 0 Å². The monoisotopic (exact) mass is 502 g/mol. The second-order valence-corrected chi connectivity index (χ2v) is 11.1. The Morgan fingerprint density at radius 1 is 1.11 bits per heavy atom. The normalized spacial score (nSPS) is 22.7. The van der Waals surface area contributed by atoms with Crippen molar-refractivity contribution in [1.29, 1.82) is 0 Å². The average Bonchev–Trinajstić information content (AvgIpc) is 2.88. The zero-order valence-electron chi connectivity index (χ0n) is 20.1. The van der Waals surface area contributed by atoms with Crippen LogP contribution in [0.1, 0.15) is 41.6 Å². The number of carboxylic acid groups (broad SMARTS) is 1. The predicted molar refractivity (Wildman–Crippen MR) is 139 cm³/mol. The van der Waals surface area contributed by atoms with Crippen LogP contribution in [0.25, 0.3) is 0 Å². The van der Waals surface area contributed by atoms with Crippen molar-refractivity contribution < 1.29 is 14.6 Å². The number of anilines is 2. The summed E-state index contributed by atoms with van der Waals surface area (Å²) in [6.45, 7) is 3.86. The first-order valence-corrected chi connectivity index (χ1v) is 13.5. The van der Waals surface area contributed by atoms with Crippen LogP contribution in [0.5, 0.6) is 5.75 Å². The Hall–Kier alpha value is -3.10. The van der Waals surface area contributed by atoms with E-state index in [4.69, 9.17) is 4.74 Å². The van der Waals surface area contributed by atoms with Gasteiger partial charge >= 0.3 is 5.97 Å². The van der Waals surface area contributed by atoms with Gasteiger partial charge < -0.3 is 15.2 Å². The van der Waals surface area contributed by atoms with Crippen molar-refractivity contribution in [2.75, 3.05) is 25.0 Å². The molecule has 2 bridgehead atoms. The number of rotatable bonds is 7. The SMILES string of the molecule is O=C(O)c1cccc(OCCC2C3CCCC2CN(Cc2ccc4c(c2)Nc2nccnc2S4)C3)c1. The topological polar surface area (TPSA) is 87.6 Å². The van der Waals surface area contributed by atoms with Gasteiger partial charge in [0.1, 0.15) is 10.8 Å². The Labute approximate surface area is 215 Å². The van der Waals surface area contributed by atoms with E-state index in [0.717, 1.165) is 42.6 Å². The highest BCUT2D eigenvalue weighted by atomic mass is 32.2. The molecule has 6 rings (SSSR count). The molecule has 3 aliphatic rings. The number of carbonyl (C=O) groups is 1. The Balaban J connectivity index is 1.06.